The Morgan fingerprint density at radius 1 is 0.793 bits per heavy atom. The summed E-state index contributed by atoms with van der Waals surface area (Å²) in [6.45, 7) is 0.330. The topological polar surface area (TPSA) is 66.5 Å². The summed E-state index contributed by atoms with van der Waals surface area (Å²) >= 11 is 0. The first kappa shape index (κ1) is 18.6. The van der Waals surface area contributed by atoms with E-state index in [1.807, 2.05) is 24.3 Å². The molecule has 1 heterocycles. The molecule has 3 aromatic carbocycles. The number of hydrogen-bond donors (Lipinski definition) is 1. The molecule has 0 aromatic heterocycles. The van der Waals surface area contributed by atoms with Gasteiger partial charge in [0.25, 0.3) is 5.91 Å². The predicted molar refractivity (Wildman–Crippen MR) is 111 cm³/mol. The fourth-order valence-corrected chi connectivity index (χ4v) is 3.54. The van der Waals surface area contributed by atoms with Crippen LogP contribution in [0.2, 0.25) is 0 Å². The summed E-state index contributed by atoms with van der Waals surface area (Å²) in [5.41, 5.74) is 2.17. The van der Waals surface area contributed by atoms with E-state index in [0.29, 0.717) is 28.9 Å². The molecule has 0 aliphatic carbocycles. The smallest absolute Gasteiger partial charge is 0.251 e. The van der Waals surface area contributed by atoms with Crippen LogP contribution in [-0.4, -0.2) is 30.2 Å². The number of nitrogens with one attached hydrogen (secondary N) is 1. The SMILES string of the molecule is O=C(NC1CC(=O)N(c2ccccc2C(=O)c2ccccc2)C1)c1ccccc1. The quantitative estimate of drug-likeness (QED) is 0.685. The first-order chi connectivity index (χ1) is 14.1. The van der Waals surface area contributed by atoms with Gasteiger partial charge in [-0.25, -0.2) is 0 Å². The lowest BCUT2D eigenvalue weighted by molar-refractivity contribution is -0.117. The summed E-state index contributed by atoms with van der Waals surface area (Å²) in [7, 11) is 0. The van der Waals surface area contributed by atoms with Gasteiger partial charge in [0.2, 0.25) is 5.91 Å². The van der Waals surface area contributed by atoms with E-state index in [0.717, 1.165) is 0 Å². The minimum absolute atomic E-state index is 0.114. The number of nitrogens with zero attached hydrogens (tertiary/aromatic N) is 1. The van der Waals surface area contributed by atoms with Gasteiger partial charge in [0, 0.05) is 29.7 Å². The van der Waals surface area contributed by atoms with Crippen molar-refractivity contribution in [2.45, 2.75) is 12.5 Å². The lowest BCUT2D eigenvalue weighted by Gasteiger charge is -2.20. The van der Waals surface area contributed by atoms with E-state index in [1.54, 1.807) is 65.6 Å². The number of hydrogen-bond acceptors (Lipinski definition) is 3. The molecular formula is C24H20N2O3. The van der Waals surface area contributed by atoms with E-state index >= 15 is 0 Å². The molecule has 0 radical (unpaired) electrons. The number of amides is 2. The molecule has 0 saturated carbocycles. The van der Waals surface area contributed by atoms with E-state index in [2.05, 4.69) is 5.32 Å². The van der Waals surface area contributed by atoms with Gasteiger partial charge in [-0.3, -0.25) is 14.4 Å². The molecule has 1 unspecified atom stereocenters. The van der Waals surface area contributed by atoms with Crippen molar-refractivity contribution in [2.24, 2.45) is 0 Å². The Hall–Kier alpha value is -3.73. The van der Waals surface area contributed by atoms with Gasteiger partial charge in [-0.15, -0.1) is 0 Å². The zero-order valence-electron chi connectivity index (χ0n) is 15.7. The molecule has 2 amide bonds. The number of benzene rings is 3. The van der Waals surface area contributed by atoms with E-state index in [4.69, 9.17) is 0 Å². The van der Waals surface area contributed by atoms with Crippen LogP contribution in [-0.2, 0) is 4.79 Å². The second-order valence-electron chi connectivity index (χ2n) is 6.96. The van der Waals surface area contributed by atoms with Gasteiger partial charge in [0.15, 0.2) is 5.78 Å². The highest BCUT2D eigenvalue weighted by atomic mass is 16.2. The van der Waals surface area contributed by atoms with E-state index in [9.17, 15) is 14.4 Å². The lowest BCUT2D eigenvalue weighted by Crippen LogP contribution is -2.37. The number of rotatable bonds is 5. The largest absolute Gasteiger partial charge is 0.347 e. The molecule has 0 bridgehead atoms. The molecule has 3 aromatic rings. The molecule has 1 N–H and O–H groups in total. The molecule has 29 heavy (non-hydrogen) atoms. The molecule has 5 heteroatoms. The van der Waals surface area contributed by atoms with Crippen molar-refractivity contribution in [2.75, 3.05) is 11.4 Å². The second-order valence-corrected chi connectivity index (χ2v) is 6.96. The highest BCUT2D eigenvalue weighted by Crippen LogP contribution is 2.27. The Labute approximate surface area is 169 Å². The van der Waals surface area contributed by atoms with Crippen molar-refractivity contribution in [3.63, 3.8) is 0 Å². The number of para-hydroxylation sites is 1. The van der Waals surface area contributed by atoms with Crippen LogP contribution in [0.5, 0.6) is 0 Å². The molecule has 1 aliphatic rings. The van der Waals surface area contributed by atoms with Crippen molar-refractivity contribution in [3.8, 4) is 0 Å². The van der Waals surface area contributed by atoms with E-state index < -0.39 is 0 Å². The van der Waals surface area contributed by atoms with Gasteiger partial charge in [0.1, 0.15) is 0 Å². The van der Waals surface area contributed by atoms with Gasteiger partial charge in [-0.05, 0) is 24.3 Å². The van der Waals surface area contributed by atoms with Gasteiger partial charge in [-0.1, -0.05) is 60.7 Å². The van der Waals surface area contributed by atoms with Crippen LogP contribution >= 0.6 is 0 Å². The maximum atomic E-state index is 13.0. The van der Waals surface area contributed by atoms with Gasteiger partial charge < -0.3 is 10.2 Å². The lowest BCUT2D eigenvalue weighted by atomic mass is 10.0. The van der Waals surface area contributed by atoms with Crippen molar-refractivity contribution >= 4 is 23.3 Å². The third-order valence-electron chi connectivity index (χ3n) is 4.97. The molecule has 0 spiro atoms. The summed E-state index contributed by atoms with van der Waals surface area (Å²) in [4.78, 5) is 39.6. The average Bonchev–Trinajstić information content (AvgIpc) is 3.14. The summed E-state index contributed by atoms with van der Waals surface area (Å²) in [5, 5.41) is 2.92. The van der Waals surface area contributed by atoms with E-state index in [-0.39, 0.29) is 30.1 Å². The molecule has 4 rings (SSSR count). The van der Waals surface area contributed by atoms with Crippen molar-refractivity contribution in [1.29, 1.82) is 0 Å². The van der Waals surface area contributed by atoms with Crippen LogP contribution in [0.15, 0.2) is 84.9 Å². The van der Waals surface area contributed by atoms with Crippen molar-refractivity contribution in [3.05, 3.63) is 102 Å². The zero-order chi connectivity index (χ0) is 20.2. The summed E-state index contributed by atoms with van der Waals surface area (Å²) in [5.74, 6) is -0.457. The Balaban J connectivity index is 1.54. The zero-order valence-corrected chi connectivity index (χ0v) is 15.7. The monoisotopic (exact) mass is 384 g/mol. The first-order valence-electron chi connectivity index (χ1n) is 9.48. The fraction of sp³-hybridized carbons (Fsp3) is 0.125. The van der Waals surface area contributed by atoms with Gasteiger partial charge >= 0.3 is 0 Å². The van der Waals surface area contributed by atoms with Crippen LogP contribution in [0.4, 0.5) is 5.69 Å². The Kier molecular flexibility index (Phi) is 5.20. The molecule has 1 aliphatic heterocycles. The van der Waals surface area contributed by atoms with Crippen LogP contribution in [0.25, 0.3) is 0 Å². The third-order valence-corrected chi connectivity index (χ3v) is 4.97. The average molecular weight is 384 g/mol. The number of ketones is 1. The molecule has 144 valence electrons. The molecule has 1 atom stereocenters. The molecule has 5 nitrogen and oxygen atoms in total. The third kappa shape index (κ3) is 3.94. The van der Waals surface area contributed by atoms with Crippen LogP contribution < -0.4 is 10.2 Å². The van der Waals surface area contributed by atoms with Crippen molar-refractivity contribution in [1.82, 2.24) is 5.32 Å². The summed E-state index contributed by atoms with van der Waals surface area (Å²) in [6, 6.07) is 24.7. The number of carbonyl (C=O) groups excluding carboxylic acids is 3. The van der Waals surface area contributed by atoms with Crippen LogP contribution in [0.1, 0.15) is 32.7 Å². The molecule has 1 fully saturated rings. The maximum Gasteiger partial charge on any atom is 0.251 e. The van der Waals surface area contributed by atoms with E-state index in [1.165, 1.54) is 0 Å². The van der Waals surface area contributed by atoms with Crippen LogP contribution in [0, 0.1) is 0 Å². The molecule has 1 saturated heterocycles. The minimum Gasteiger partial charge on any atom is -0.347 e. The highest BCUT2D eigenvalue weighted by Gasteiger charge is 2.33. The number of anilines is 1. The van der Waals surface area contributed by atoms with Crippen molar-refractivity contribution < 1.29 is 14.4 Å². The Morgan fingerprint density at radius 3 is 2.07 bits per heavy atom. The van der Waals surface area contributed by atoms with Crippen LogP contribution in [0.3, 0.4) is 0 Å². The first-order valence-corrected chi connectivity index (χ1v) is 9.48. The summed E-state index contributed by atoms with van der Waals surface area (Å²) < 4.78 is 0. The second kappa shape index (κ2) is 8.10. The highest BCUT2D eigenvalue weighted by molar-refractivity contribution is 6.14. The normalized spacial score (nSPS) is 15.9. The van der Waals surface area contributed by atoms with Gasteiger partial charge in [-0.2, -0.15) is 0 Å². The van der Waals surface area contributed by atoms with Gasteiger partial charge in [0.05, 0.1) is 11.7 Å². The summed E-state index contributed by atoms with van der Waals surface area (Å²) in [6.07, 6.45) is 0.201. The Bertz CT molecular complexity index is 1050. The standard InChI is InChI=1S/C24H20N2O3/c27-22-15-19(25-24(29)18-11-5-2-6-12-18)16-26(22)21-14-8-7-13-20(21)23(28)17-9-3-1-4-10-17/h1-14,19H,15-16H2,(H,25,29). The molecular weight excluding hydrogens is 364 g/mol. The maximum absolute atomic E-state index is 13.0. The Morgan fingerprint density at radius 2 is 1.38 bits per heavy atom. The number of carbonyl (C=O) groups is 3. The predicted octanol–water partition coefficient (Wildman–Crippen LogP) is 3.45. The fourth-order valence-electron chi connectivity index (χ4n) is 3.54. The minimum atomic E-state index is -0.310.